The summed E-state index contributed by atoms with van der Waals surface area (Å²) in [7, 11) is 0. The molecule has 4 heteroatoms. The lowest BCUT2D eigenvalue weighted by Gasteiger charge is -2.25. The highest BCUT2D eigenvalue weighted by Crippen LogP contribution is 2.27. The molecule has 4 nitrogen and oxygen atoms in total. The summed E-state index contributed by atoms with van der Waals surface area (Å²) in [6.45, 7) is 9.82. The Morgan fingerprint density at radius 1 is 1.20 bits per heavy atom. The van der Waals surface area contributed by atoms with Crippen LogP contribution in [0.25, 0.3) is 5.69 Å². The van der Waals surface area contributed by atoms with Gasteiger partial charge in [0.25, 0.3) is 0 Å². The second-order valence-electron chi connectivity index (χ2n) is 6.11. The molecule has 0 spiro atoms. The van der Waals surface area contributed by atoms with E-state index in [0.29, 0.717) is 6.04 Å². The molecule has 1 heterocycles. The van der Waals surface area contributed by atoms with Gasteiger partial charge >= 0.3 is 0 Å². The van der Waals surface area contributed by atoms with E-state index in [2.05, 4.69) is 55.5 Å². The van der Waals surface area contributed by atoms with Crippen LogP contribution >= 0.6 is 0 Å². The molecule has 0 saturated heterocycles. The summed E-state index contributed by atoms with van der Waals surface area (Å²) in [6.07, 6.45) is 2.92. The molecule has 2 rings (SSSR count). The number of aromatic nitrogens is 3. The number of para-hydroxylation sites is 1. The van der Waals surface area contributed by atoms with Gasteiger partial charge in [0, 0.05) is 11.5 Å². The van der Waals surface area contributed by atoms with Crippen LogP contribution in [0.2, 0.25) is 0 Å². The SMILES string of the molecule is CC(C)NCCC(C)(C)c1cnnn1-c1ccccc1. The Morgan fingerprint density at radius 2 is 1.90 bits per heavy atom. The number of hydrogen-bond acceptors (Lipinski definition) is 3. The van der Waals surface area contributed by atoms with E-state index < -0.39 is 0 Å². The van der Waals surface area contributed by atoms with Crippen molar-refractivity contribution in [3.05, 3.63) is 42.2 Å². The van der Waals surface area contributed by atoms with Crippen LogP contribution in [0.1, 0.15) is 39.8 Å². The first kappa shape index (κ1) is 14.7. The minimum absolute atomic E-state index is 0.0290. The van der Waals surface area contributed by atoms with E-state index in [9.17, 15) is 0 Å². The third kappa shape index (κ3) is 3.45. The van der Waals surface area contributed by atoms with Crippen LogP contribution < -0.4 is 5.32 Å². The van der Waals surface area contributed by atoms with Gasteiger partial charge in [-0.25, -0.2) is 4.68 Å². The first-order valence-corrected chi connectivity index (χ1v) is 7.21. The van der Waals surface area contributed by atoms with Crippen LogP contribution in [-0.2, 0) is 5.41 Å². The molecule has 0 aliphatic heterocycles. The van der Waals surface area contributed by atoms with Crippen molar-refractivity contribution in [3.63, 3.8) is 0 Å². The second kappa shape index (κ2) is 6.18. The molecule has 0 radical (unpaired) electrons. The predicted octanol–water partition coefficient (Wildman–Crippen LogP) is 2.93. The molecule has 0 aliphatic rings. The van der Waals surface area contributed by atoms with E-state index >= 15 is 0 Å². The van der Waals surface area contributed by atoms with E-state index in [0.717, 1.165) is 24.3 Å². The Kier molecular flexibility index (Phi) is 4.55. The zero-order chi connectivity index (χ0) is 14.6. The van der Waals surface area contributed by atoms with Crippen molar-refractivity contribution in [3.8, 4) is 5.69 Å². The third-order valence-electron chi connectivity index (χ3n) is 3.55. The molecule has 0 fully saturated rings. The van der Waals surface area contributed by atoms with Crippen LogP contribution in [0.3, 0.4) is 0 Å². The standard InChI is InChI=1S/C16H24N4/c1-13(2)17-11-10-16(3,4)15-12-18-19-20(15)14-8-6-5-7-9-14/h5-9,12-13,17H,10-11H2,1-4H3. The van der Waals surface area contributed by atoms with E-state index in [-0.39, 0.29) is 5.41 Å². The van der Waals surface area contributed by atoms with E-state index in [1.165, 1.54) is 0 Å². The maximum atomic E-state index is 4.24. The molecule has 20 heavy (non-hydrogen) atoms. The van der Waals surface area contributed by atoms with Gasteiger partial charge in [0.2, 0.25) is 0 Å². The average molecular weight is 272 g/mol. The monoisotopic (exact) mass is 272 g/mol. The number of rotatable bonds is 6. The topological polar surface area (TPSA) is 42.7 Å². The Balaban J connectivity index is 2.18. The predicted molar refractivity (Wildman–Crippen MR) is 82.1 cm³/mol. The number of nitrogens with zero attached hydrogens (tertiary/aromatic N) is 3. The zero-order valence-electron chi connectivity index (χ0n) is 12.8. The summed E-state index contributed by atoms with van der Waals surface area (Å²) in [5, 5.41) is 11.8. The van der Waals surface area contributed by atoms with Crippen molar-refractivity contribution < 1.29 is 0 Å². The van der Waals surface area contributed by atoms with Crippen molar-refractivity contribution in [1.82, 2.24) is 20.3 Å². The maximum absolute atomic E-state index is 4.24. The van der Waals surface area contributed by atoms with Crippen molar-refractivity contribution in [2.45, 2.75) is 45.6 Å². The smallest absolute Gasteiger partial charge is 0.0735 e. The van der Waals surface area contributed by atoms with E-state index in [1.54, 1.807) is 0 Å². The van der Waals surface area contributed by atoms with Gasteiger partial charge in [-0.2, -0.15) is 0 Å². The Morgan fingerprint density at radius 3 is 2.55 bits per heavy atom. The van der Waals surface area contributed by atoms with Crippen LogP contribution in [0.5, 0.6) is 0 Å². The largest absolute Gasteiger partial charge is 0.314 e. The fraction of sp³-hybridized carbons (Fsp3) is 0.500. The molecule has 2 aromatic rings. The fourth-order valence-electron chi connectivity index (χ4n) is 2.26. The minimum Gasteiger partial charge on any atom is -0.314 e. The quantitative estimate of drug-likeness (QED) is 0.879. The second-order valence-corrected chi connectivity index (χ2v) is 6.11. The molecule has 0 bridgehead atoms. The molecule has 1 N–H and O–H groups in total. The van der Waals surface area contributed by atoms with Crippen LogP contribution in [0.15, 0.2) is 36.5 Å². The van der Waals surface area contributed by atoms with Gasteiger partial charge in [0.1, 0.15) is 0 Å². The minimum atomic E-state index is 0.0290. The summed E-state index contributed by atoms with van der Waals surface area (Å²) < 4.78 is 1.94. The lowest BCUT2D eigenvalue weighted by Crippen LogP contribution is -2.30. The Bertz CT molecular complexity index is 528. The van der Waals surface area contributed by atoms with Crippen molar-refractivity contribution >= 4 is 0 Å². The summed E-state index contributed by atoms with van der Waals surface area (Å²) in [5.41, 5.74) is 2.24. The summed E-state index contributed by atoms with van der Waals surface area (Å²) in [5.74, 6) is 0. The fourth-order valence-corrected chi connectivity index (χ4v) is 2.26. The molecular weight excluding hydrogens is 248 g/mol. The molecule has 1 aromatic heterocycles. The average Bonchev–Trinajstić information content (AvgIpc) is 2.89. The molecule has 0 aliphatic carbocycles. The highest BCUT2D eigenvalue weighted by molar-refractivity contribution is 5.33. The first-order chi connectivity index (χ1) is 9.50. The van der Waals surface area contributed by atoms with Gasteiger partial charge in [0.05, 0.1) is 17.6 Å². The van der Waals surface area contributed by atoms with Gasteiger partial charge < -0.3 is 5.32 Å². The maximum Gasteiger partial charge on any atom is 0.0735 e. The van der Waals surface area contributed by atoms with Crippen LogP contribution in [0.4, 0.5) is 0 Å². The zero-order valence-corrected chi connectivity index (χ0v) is 12.8. The number of benzene rings is 1. The van der Waals surface area contributed by atoms with Crippen molar-refractivity contribution in [2.24, 2.45) is 0 Å². The van der Waals surface area contributed by atoms with Crippen molar-refractivity contribution in [2.75, 3.05) is 6.54 Å². The Labute approximate surface area is 121 Å². The lowest BCUT2D eigenvalue weighted by molar-refractivity contribution is 0.422. The van der Waals surface area contributed by atoms with Gasteiger partial charge in [-0.05, 0) is 25.1 Å². The Hall–Kier alpha value is -1.68. The van der Waals surface area contributed by atoms with Crippen LogP contribution in [-0.4, -0.2) is 27.6 Å². The first-order valence-electron chi connectivity index (χ1n) is 7.21. The van der Waals surface area contributed by atoms with Gasteiger partial charge in [0.15, 0.2) is 0 Å². The molecule has 0 saturated carbocycles. The van der Waals surface area contributed by atoms with Crippen molar-refractivity contribution in [1.29, 1.82) is 0 Å². The lowest BCUT2D eigenvalue weighted by atomic mass is 9.85. The highest BCUT2D eigenvalue weighted by Gasteiger charge is 2.25. The highest BCUT2D eigenvalue weighted by atomic mass is 15.4. The third-order valence-corrected chi connectivity index (χ3v) is 3.55. The molecule has 1 aromatic carbocycles. The molecule has 0 unspecified atom stereocenters. The number of nitrogens with one attached hydrogen (secondary N) is 1. The molecule has 0 atom stereocenters. The summed E-state index contributed by atoms with van der Waals surface area (Å²) in [6, 6.07) is 10.7. The van der Waals surface area contributed by atoms with E-state index in [4.69, 9.17) is 0 Å². The molecule has 0 amide bonds. The normalized spacial score (nSPS) is 12.1. The molecule has 108 valence electrons. The van der Waals surface area contributed by atoms with Crippen LogP contribution in [0, 0.1) is 0 Å². The van der Waals surface area contributed by atoms with Gasteiger partial charge in [-0.3, -0.25) is 0 Å². The summed E-state index contributed by atoms with van der Waals surface area (Å²) in [4.78, 5) is 0. The summed E-state index contributed by atoms with van der Waals surface area (Å²) >= 11 is 0. The van der Waals surface area contributed by atoms with Gasteiger partial charge in [-0.15, -0.1) is 5.10 Å². The number of hydrogen-bond donors (Lipinski definition) is 1. The molecular formula is C16H24N4. The van der Waals surface area contributed by atoms with Gasteiger partial charge in [-0.1, -0.05) is 51.1 Å². The van der Waals surface area contributed by atoms with E-state index in [1.807, 2.05) is 29.1 Å².